The quantitative estimate of drug-likeness (QED) is 0.384. The van der Waals surface area contributed by atoms with Crippen LogP contribution in [0.2, 0.25) is 0 Å². The van der Waals surface area contributed by atoms with E-state index in [-0.39, 0.29) is 42.2 Å². The summed E-state index contributed by atoms with van der Waals surface area (Å²) in [5.41, 5.74) is 8.03. The predicted molar refractivity (Wildman–Crippen MR) is 105 cm³/mol. The molecule has 0 heterocycles. The average Bonchev–Trinajstić information content (AvgIpc) is 2.55. The number of ether oxygens (including phenoxy) is 2. The Hall–Kier alpha value is -2.10. The van der Waals surface area contributed by atoms with Crippen LogP contribution in [0, 0.1) is 6.92 Å². The number of rotatable bonds is 6. The molecule has 0 unspecified atom stereocenters. The van der Waals surface area contributed by atoms with Gasteiger partial charge in [0.05, 0.1) is 13.7 Å². The molecule has 0 radical (unpaired) electrons. The fraction of sp³-hybridized carbons (Fsp3) is 0.235. The van der Waals surface area contributed by atoms with Crippen LogP contribution in [0.1, 0.15) is 11.1 Å². The van der Waals surface area contributed by atoms with E-state index in [9.17, 15) is 8.78 Å². The lowest BCUT2D eigenvalue weighted by molar-refractivity contribution is -0.0504. The monoisotopic (exact) mass is 463 g/mol. The normalized spacial score (nSPS) is 11.0. The Balaban J connectivity index is 0.00000312. The second kappa shape index (κ2) is 10.0. The zero-order valence-corrected chi connectivity index (χ0v) is 16.2. The van der Waals surface area contributed by atoms with Gasteiger partial charge < -0.3 is 20.5 Å². The van der Waals surface area contributed by atoms with Crippen LogP contribution in [-0.4, -0.2) is 19.7 Å². The van der Waals surface area contributed by atoms with Gasteiger partial charge in [0, 0.05) is 11.3 Å². The van der Waals surface area contributed by atoms with Gasteiger partial charge in [-0.3, -0.25) is 0 Å². The molecule has 0 aromatic heterocycles. The van der Waals surface area contributed by atoms with Gasteiger partial charge in [0.1, 0.15) is 11.5 Å². The smallest absolute Gasteiger partial charge is 0.387 e. The Morgan fingerprint density at radius 3 is 2.48 bits per heavy atom. The van der Waals surface area contributed by atoms with Crippen LogP contribution in [0.25, 0.3) is 0 Å². The fourth-order valence-corrected chi connectivity index (χ4v) is 2.07. The third-order valence-electron chi connectivity index (χ3n) is 3.21. The highest BCUT2D eigenvalue weighted by molar-refractivity contribution is 14.0. The molecule has 8 heteroatoms. The van der Waals surface area contributed by atoms with Crippen LogP contribution >= 0.6 is 24.0 Å². The van der Waals surface area contributed by atoms with Crippen molar-refractivity contribution in [1.82, 2.24) is 0 Å². The summed E-state index contributed by atoms with van der Waals surface area (Å²) in [6.45, 7) is -0.901. The van der Waals surface area contributed by atoms with Gasteiger partial charge in [-0.15, -0.1) is 24.0 Å². The van der Waals surface area contributed by atoms with Gasteiger partial charge in [-0.05, 0) is 37.3 Å². The van der Waals surface area contributed by atoms with E-state index in [2.05, 4.69) is 15.0 Å². The number of hydrogen-bond donors (Lipinski definition) is 2. The Morgan fingerprint density at radius 2 is 1.88 bits per heavy atom. The third-order valence-corrected chi connectivity index (χ3v) is 3.21. The molecule has 0 aliphatic carbocycles. The Bertz CT molecular complexity index is 710. The van der Waals surface area contributed by atoms with Crippen molar-refractivity contribution in [1.29, 1.82) is 0 Å². The van der Waals surface area contributed by atoms with Crippen molar-refractivity contribution in [3.05, 3.63) is 53.6 Å². The standard InChI is InChI=1S/C17H19F2N3O2.HI/c1-11-3-8-15(24-16(18)19)12(9-11)10-21-17(20)22-13-4-6-14(23-2)7-5-13;/h3-9,16H,10H2,1-2H3,(H3,20,21,22);1H. The molecule has 0 fully saturated rings. The van der Waals surface area contributed by atoms with Crippen molar-refractivity contribution in [3.8, 4) is 11.5 Å². The van der Waals surface area contributed by atoms with Gasteiger partial charge >= 0.3 is 6.61 Å². The number of aryl methyl sites for hydroxylation is 1. The molecule has 136 valence electrons. The summed E-state index contributed by atoms with van der Waals surface area (Å²) in [6.07, 6.45) is 0. The minimum Gasteiger partial charge on any atom is -0.497 e. The third kappa shape index (κ3) is 6.73. The fourth-order valence-electron chi connectivity index (χ4n) is 2.07. The SMILES string of the molecule is COc1ccc(NC(N)=NCc2cc(C)ccc2OC(F)F)cc1.I. The summed E-state index contributed by atoms with van der Waals surface area (Å²) in [5.74, 6) is 0.992. The topological polar surface area (TPSA) is 68.9 Å². The lowest BCUT2D eigenvalue weighted by Crippen LogP contribution is -2.22. The number of methoxy groups -OCH3 is 1. The van der Waals surface area contributed by atoms with Crippen LogP contribution in [0.3, 0.4) is 0 Å². The first kappa shape index (κ1) is 20.9. The average molecular weight is 463 g/mol. The molecule has 0 amide bonds. The molecule has 2 aromatic rings. The minimum atomic E-state index is -2.88. The van der Waals surface area contributed by atoms with Gasteiger partial charge in [0.2, 0.25) is 0 Å². The molecule has 5 nitrogen and oxygen atoms in total. The van der Waals surface area contributed by atoms with Crippen molar-refractivity contribution < 1.29 is 18.3 Å². The van der Waals surface area contributed by atoms with Crippen molar-refractivity contribution in [2.24, 2.45) is 10.7 Å². The van der Waals surface area contributed by atoms with Crippen molar-refractivity contribution >= 4 is 35.6 Å². The van der Waals surface area contributed by atoms with Gasteiger partial charge in [0.15, 0.2) is 5.96 Å². The van der Waals surface area contributed by atoms with Crippen LogP contribution in [-0.2, 0) is 6.54 Å². The van der Waals surface area contributed by atoms with Crippen molar-refractivity contribution in [3.63, 3.8) is 0 Å². The molecular weight excluding hydrogens is 443 g/mol. The van der Waals surface area contributed by atoms with E-state index in [4.69, 9.17) is 10.5 Å². The largest absolute Gasteiger partial charge is 0.497 e. The molecule has 0 bridgehead atoms. The highest BCUT2D eigenvalue weighted by atomic mass is 127. The van der Waals surface area contributed by atoms with E-state index in [1.54, 1.807) is 43.5 Å². The Morgan fingerprint density at radius 1 is 1.20 bits per heavy atom. The molecule has 0 spiro atoms. The molecule has 0 aliphatic rings. The first-order valence-corrected chi connectivity index (χ1v) is 7.23. The molecule has 2 aromatic carbocycles. The summed E-state index contributed by atoms with van der Waals surface area (Å²) in [7, 11) is 1.58. The van der Waals surface area contributed by atoms with Crippen LogP contribution < -0.4 is 20.5 Å². The summed E-state index contributed by atoms with van der Waals surface area (Å²) in [5, 5.41) is 2.92. The number of halogens is 3. The van der Waals surface area contributed by atoms with Crippen LogP contribution in [0.15, 0.2) is 47.5 Å². The molecule has 0 saturated carbocycles. The van der Waals surface area contributed by atoms with Crippen molar-refractivity contribution in [2.75, 3.05) is 12.4 Å². The maximum Gasteiger partial charge on any atom is 0.387 e. The number of anilines is 1. The van der Waals surface area contributed by atoms with Gasteiger partial charge in [0.25, 0.3) is 0 Å². The maximum absolute atomic E-state index is 12.4. The summed E-state index contributed by atoms with van der Waals surface area (Å²) in [6, 6.07) is 12.1. The second-order valence-corrected chi connectivity index (χ2v) is 5.04. The van der Waals surface area contributed by atoms with E-state index >= 15 is 0 Å². The zero-order chi connectivity index (χ0) is 17.5. The lowest BCUT2D eigenvalue weighted by Gasteiger charge is -2.11. The highest BCUT2D eigenvalue weighted by Crippen LogP contribution is 2.23. The Kier molecular flexibility index (Phi) is 8.39. The van der Waals surface area contributed by atoms with Gasteiger partial charge in [-0.25, -0.2) is 4.99 Å². The number of nitrogens with one attached hydrogen (secondary N) is 1. The zero-order valence-electron chi connectivity index (χ0n) is 13.8. The molecule has 2 rings (SSSR count). The van der Waals surface area contributed by atoms with E-state index in [1.807, 2.05) is 6.92 Å². The number of guanidine groups is 1. The number of alkyl halides is 2. The number of nitrogens with zero attached hydrogens (tertiary/aromatic N) is 1. The molecule has 0 saturated heterocycles. The molecule has 3 N–H and O–H groups in total. The van der Waals surface area contributed by atoms with Gasteiger partial charge in [-0.1, -0.05) is 17.7 Å². The van der Waals surface area contributed by atoms with Crippen molar-refractivity contribution in [2.45, 2.75) is 20.1 Å². The van der Waals surface area contributed by atoms with E-state index in [0.717, 1.165) is 17.0 Å². The number of nitrogens with two attached hydrogens (primary N) is 1. The summed E-state index contributed by atoms with van der Waals surface area (Å²) >= 11 is 0. The lowest BCUT2D eigenvalue weighted by atomic mass is 10.1. The highest BCUT2D eigenvalue weighted by Gasteiger charge is 2.09. The maximum atomic E-state index is 12.4. The number of hydrogen-bond acceptors (Lipinski definition) is 3. The Labute approximate surface area is 162 Å². The summed E-state index contributed by atoms with van der Waals surface area (Å²) in [4.78, 5) is 4.17. The number of benzene rings is 2. The molecule has 0 atom stereocenters. The van der Waals surface area contributed by atoms with E-state index in [0.29, 0.717) is 5.56 Å². The number of aliphatic imine (C=N–C) groups is 1. The molecular formula is C17H20F2IN3O2. The first-order chi connectivity index (χ1) is 11.5. The molecule has 25 heavy (non-hydrogen) atoms. The van der Waals surface area contributed by atoms with Gasteiger partial charge in [-0.2, -0.15) is 8.78 Å². The minimum absolute atomic E-state index is 0. The van der Waals surface area contributed by atoms with E-state index in [1.165, 1.54) is 6.07 Å². The van der Waals surface area contributed by atoms with E-state index < -0.39 is 6.61 Å². The molecule has 0 aliphatic heterocycles. The predicted octanol–water partition coefficient (Wildman–Crippen LogP) is 4.15. The van der Waals surface area contributed by atoms with Crippen LogP contribution in [0.4, 0.5) is 14.5 Å². The second-order valence-electron chi connectivity index (χ2n) is 5.04. The summed E-state index contributed by atoms with van der Waals surface area (Å²) < 4.78 is 34.5. The first-order valence-electron chi connectivity index (χ1n) is 7.23. The van der Waals surface area contributed by atoms with Crippen LogP contribution in [0.5, 0.6) is 11.5 Å².